The number of amides is 1. The molecule has 4 aliphatic rings. The minimum Gasteiger partial charge on any atom is -0.481 e. The van der Waals surface area contributed by atoms with Crippen LogP contribution >= 0.6 is 0 Å². The van der Waals surface area contributed by atoms with Crippen molar-refractivity contribution < 1.29 is 19.4 Å². The number of hydrogen-bond donors (Lipinski definition) is 3. The summed E-state index contributed by atoms with van der Waals surface area (Å²) in [5, 5.41) is 24.9. The van der Waals surface area contributed by atoms with Gasteiger partial charge in [0.1, 0.15) is 11.4 Å². The number of aryl methyl sites for hydroxylation is 2. The van der Waals surface area contributed by atoms with Gasteiger partial charge in [-0.1, -0.05) is 37.3 Å². The number of aromatic nitrogens is 6. The molecule has 3 unspecified atom stereocenters. The van der Waals surface area contributed by atoms with Crippen LogP contribution in [0.4, 0.5) is 5.69 Å². The van der Waals surface area contributed by atoms with E-state index in [-0.39, 0.29) is 23.7 Å². The van der Waals surface area contributed by atoms with Crippen LogP contribution in [0.25, 0.3) is 5.65 Å². The van der Waals surface area contributed by atoms with Gasteiger partial charge in [0, 0.05) is 36.9 Å². The highest BCUT2D eigenvalue weighted by Gasteiger charge is 2.74. The average Bonchev–Trinajstić information content (AvgIpc) is 3.81. The number of anilines is 1. The van der Waals surface area contributed by atoms with Crippen LogP contribution in [-0.2, 0) is 25.3 Å². The van der Waals surface area contributed by atoms with E-state index in [1.165, 1.54) is 5.56 Å². The van der Waals surface area contributed by atoms with Crippen LogP contribution < -0.4 is 10.2 Å². The highest BCUT2D eigenvalue weighted by atomic mass is 16.5. The molecule has 0 radical (unpaired) electrons. The molecule has 12 nitrogen and oxygen atoms in total. The molecule has 12 heteroatoms. The van der Waals surface area contributed by atoms with Gasteiger partial charge in [-0.2, -0.15) is 5.10 Å². The maximum atomic E-state index is 12.8. The van der Waals surface area contributed by atoms with E-state index >= 15 is 0 Å². The van der Waals surface area contributed by atoms with E-state index < -0.39 is 22.4 Å². The second-order valence-electron chi connectivity index (χ2n) is 14.3. The van der Waals surface area contributed by atoms with Gasteiger partial charge in [0.25, 0.3) is 0 Å². The molecule has 1 aromatic carbocycles. The molecule has 2 bridgehead atoms. The highest BCUT2D eigenvalue weighted by molar-refractivity contribution is 5.84. The Balaban J connectivity index is 1.16. The van der Waals surface area contributed by atoms with Gasteiger partial charge in [0.2, 0.25) is 5.91 Å². The number of carbonyl (C=O) groups is 2. The molecule has 3 aromatic heterocycles. The quantitative estimate of drug-likeness (QED) is 0.257. The van der Waals surface area contributed by atoms with Gasteiger partial charge in [-0.05, 0) is 57.7 Å². The zero-order valence-electron chi connectivity index (χ0n) is 26.4. The zero-order valence-corrected chi connectivity index (χ0v) is 26.4. The fourth-order valence-electron chi connectivity index (χ4n) is 7.65. The molecule has 45 heavy (non-hydrogen) atoms. The van der Waals surface area contributed by atoms with E-state index in [9.17, 15) is 14.7 Å². The molecular weight excluding hydrogens is 572 g/mol. The molecule has 0 spiro atoms. The Morgan fingerprint density at radius 3 is 2.69 bits per heavy atom. The number of nitrogens with zero attached hydrogens (tertiary/aromatic N) is 6. The molecule has 236 valence electrons. The number of aliphatic carboxylic acids is 1. The summed E-state index contributed by atoms with van der Waals surface area (Å²) in [6.45, 7) is 11.9. The maximum absolute atomic E-state index is 12.8. The fourth-order valence-corrected chi connectivity index (χ4v) is 7.65. The smallest absolute Gasteiger partial charge is 0.309 e. The topological polar surface area (TPSA) is 151 Å². The van der Waals surface area contributed by atoms with Gasteiger partial charge in [-0.3, -0.25) is 14.7 Å². The van der Waals surface area contributed by atoms with Crippen molar-refractivity contribution in [3.8, 4) is 0 Å². The fraction of sp³-hybridized carbons (Fsp3) is 0.515. The van der Waals surface area contributed by atoms with Crippen molar-refractivity contribution in [1.82, 2.24) is 35.1 Å². The lowest BCUT2D eigenvalue weighted by Crippen LogP contribution is -2.56. The number of H-pyrrole nitrogens is 1. The number of fused-ring (bicyclic) bond motifs is 2. The molecule has 3 N–H and O–H groups in total. The Kier molecular flexibility index (Phi) is 6.60. The number of ether oxygens (including phenoxy) is 1. The third-order valence-electron chi connectivity index (χ3n) is 10.3. The Morgan fingerprint density at radius 1 is 1.20 bits per heavy atom. The number of benzene rings is 1. The zero-order chi connectivity index (χ0) is 31.8. The van der Waals surface area contributed by atoms with Crippen LogP contribution in [0.2, 0.25) is 0 Å². The molecule has 1 aliphatic carbocycles. The summed E-state index contributed by atoms with van der Waals surface area (Å²) < 4.78 is 8.41. The van der Waals surface area contributed by atoms with Crippen molar-refractivity contribution in [2.45, 2.75) is 70.8 Å². The first-order valence-electron chi connectivity index (χ1n) is 15.6. The predicted octanol–water partition coefficient (Wildman–Crippen LogP) is 3.65. The van der Waals surface area contributed by atoms with Crippen LogP contribution in [0.5, 0.6) is 0 Å². The molecule has 4 fully saturated rings. The summed E-state index contributed by atoms with van der Waals surface area (Å²) in [5.74, 6) is 0.256. The van der Waals surface area contributed by atoms with E-state index in [1.807, 2.05) is 11.4 Å². The number of hydrogen-bond acceptors (Lipinski definition) is 8. The number of carbonyl (C=O) groups excluding carboxylic acids is 1. The van der Waals surface area contributed by atoms with Crippen molar-refractivity contribution in [2.75, 3.05) is 31.1 Å². The number of pyridine rings is 1. The molecular formula is C33H40N8O4. The van der Waals surface area contributed by atoms with Crippen LogP contribution in [-0.4, -0.2) is 73.0 Å². The molecule has 1 saturated carbocycles. The van der Waals surface area contributed by atoms with E-state index in [2.05, 4.69) is 81.8 Å². The summed E-state index contributed by atoms with van der Waals surface area (Å²) in [4.78, 5) is 36.5. The van der Waals surface area contributed by atoms with Gasteiger partial charge in [-0.25, -0.2) is 14.5 Å². The normalized spacial score (nSPS) is 27.6. The Morgan fingerprint density at radius 2 is 1.98 bits per heavy atom. The second-order valence-corrected chi connectivity index (χ2v) is 14.3. The molecule has 4 aromatic rings. The summed E-state index contributed by atoms with van der Waals surface area (Å²) in [5.41, 5.74) is 1.87. The Bertz CT molecular complexity index is 1800. The van der Waals surface area contributed by atoms with E-state index in [0.717, 1.165) is 36.4 Å². The lowest BCUT2D eigenvalue weighted by molar-refractivity contribution is -0.149. The van der Waals surface area contributed by atoms with E-state index in [0.29, 0.717) is 37.0 Å². The van der Waals surface area contributed by atoms with Gasteiger partial charge in [0.15, 0.2) is 17.3 Å². The lowest BCUT2D eigenvalue weighted by Gasteiger charge is -2.49. The third kappa shape index (κ3) is 4.68. The molecule has 3 saturated heterocycles. The number of rotatable bonds is 9. The largest absolute Gasteiger partial charge is 0.481 e. The average molecular weight is 613 g/mol. The number of carboxylic acid groups (broad SMARTS) is 1. The first-order chi connectivity index (χ1) is 21.3. The van der Waals surface area contributed by atoms with Crippen molar-refractivity contribution in [3.63, 3.8) is 0 Å². The molecule has 4 atom stereocenters. The maximum Gasteiger partial charge on any atom is 0.309 e. The standard InChI is InChI=1S/C33H40N8O4/c1-20-13-23(40-12-11-31(5,18-40)22-9-7-6-8-10-22)15-41-27(20)36-28(39-41)33-16-32(19-45-33,25(33)26-35-21(2)37-38-26)17-34-24(42)14-30(3,4)29(43)44/h6-10,13,15,25H,11-12,14,16-19H2,1-5H3,(H,34,42)(H,43,44)(H,35,37,38)/t25?,31-,32?,33?/m0/s1. The Hall–Kier alpha value is -4.32. The minimum atomic E-state index is -1.16. The second kappa shape index (κ2) is 10.1. The van der Waals surface area contributed by atoms with Crippen molar-refractivity contribution in [2.24, 2.45) is 10.8 Å². The van der Waals surface area contributed by atoms with Gasteiger partial charge in [-0.15, -0.1) is 5.10 Å². The van der Waals surface area contributed by atoms with Crippen LogP contribution in [0.3, 0.4) is 0 Å². The monoisotopic (exact) mass is 612 g/mol. The summed E-state index contributed by atoms with van der Waals surface area (Å²) >= 11 is 0. The lowest BCUT2D eigenvalue weighted by atomic mass is 9.53. The number of aromatic amines is 1. The molecule has 1 amide bonds. The van der Waals surface area contributed by atoms with E-state index in [1.54, 1.807) is 13.8 Å². The number of nitrogens with one attached hydrogen (secondary N) is 2. The first kappa shape index (κ1) is 29.4. The first-order valence-corrected chi connectivity index (χ1v) is 15.6. The SMILES string of the molecule is Cc1nc(C2C3(CNC(=O)CC(C)(C)C(=O)O)COC2(c2nc4c(C)cc(N5CC[C@](C)(c6ccccc6)C5)cn4n2)C3)n[nH]1. The van der Waals surface area contributed by atoms with Crippen molar-refractivity contribution >= 4 is 23.2 Å². The third-order valence-corrected chi connectivity index (χ3v) is 10.3. The predicted molar refractivity (Wildman–Crippen MR) is 166 cm³/mol. The van der Waals surface area contributed by atoms with E-state index in [4.69, 9.17) is 14.8 Å². The molecule has 3 aliphatic heterocycles. The van der Waals surface area contributed by atoms with Crippen molar-refractivity contribution in [1.29, 1.82) is 0 Å². The molecule has 8 rings (SSSR count). The van der Waals surface area contributed by atoms with Crippen molar-refractivity contribution in [3.05, 3.63) is 71.2 Å². The van der Waals surface area contributed by atoms with Gasteiger partial charge in [0.05, 0.1) is 29.8 Å². The minimum absolute atomic E-state index is 0.0737. The Labute approximate surface area is 261 Å². The molecule has 6 heterocycles. The van der Waals surface area contributed by atoms with Gasteiger partial charge < -0.3 is 20.1 Å². The van der Waals surface area contributed by atoms with Crippen LogP contribution in [0.15, 0.2) is 42.6 Å². The summed E-state index contributed by atoms with van der Waals surface area (Å²) in [6, 6.07) is 12.9. The number of carboxylic acids is 1. The van der Waals surface area contributed by atoms with Crippen LogP contribution in [0, 0.1) is 24.7 Å². The van der Waals surface area contributed by atoms with Crippen LogP contribution in [0.1, 0.15) is 74.6 Å². The summed E-state index contributed by atoms with van der Waals surface area (Å²) in [6.07, 6.45) is 3.60. The highest BCUT2D eigenvalue weighted by Crippen LogP contribution is 2.70. The summed E-state index contributed by atoms with van der Waals surface area (Å²) in [7, 11) is 0. The van der Waals surface area contributed by atoms with Gasteiger partial charge >= 0.3 is 5.97 Å².